The lowest BCUT2D eigenvalue weighted by atomic mass is 10.0. The molecule has 1 aliphatic rings. The zero-order valence-electron chi connectivity index (χ0n) is 19.6. The van der Waals surface area contributed by atoms with Crippen molar-refractivity contribution in [1.29, 1.82) is 0 Å². The predicted octanol–water partition coefficient (Wildman–Crippen LogP) is 4.53. The third kappa shape index (κ3) is 5.65. The van der Waals surface area contributed by atoms with Gasteiger partial charge in [0.1, 0.15) is 0 Å². The fourth-order valence-corrected chi connectivity index (χ4v) is 6.23. The summed E-state index contributed by atoms with van der Waals surface area (Å²) >= 11 is 6.00. The summed E-state index contributed by atoms with van der Waals surface area (Å²) in [6.07, 6.45) is 1.06. The SMILES string of the molecule is CCC(C)N(C(=O)COC(=O)c1cc(-c2ccc(Cl)cc2)nc2ccccc12)C1CCS(=O)(=O)C1. The molecule has 184 valence electrons. The molecule has 2 heterocycles. The summed E-state index contributed by atoms with van der Waals surface area (Å²) in [4.78, 5) is 32.5. The monoisotopic (exact) mass is 514 g/mol. The smallest absolute Gasteiger partial charge is 0.339 e. The van der Waals surface area contributed by atoms with Gasteiger partial charge in [0.25, 0.3) is 5.91 Å². The van der Waals surface area contributed by atoms with Gasteiger partial charge in [-0.25, -0.2) is 18.2 Å². The van der Waals surface area contributed by atoms with Crippen molar-refractivity contribution in [1.82, 2.24) is 9.88 Å². The number of carbonyl (C=O) groups excluding carboxylic acids is 2. The van der Waals surface area contributed by atoms with Crippen LogP contribution in [0, 0.1) is 0 Å². The van der Waals surface area contributed by atoms with Crippen molar-refractivity contribution in [3.05, 3.63) is 65.2 Å². The molecule has 7 nitrogen and oxygen atoms in total. The van der Waals surface area contributed by atoms with E-state index in [1.165, 1.54) is 0 Å². The highest BCUT2D eigenvalue weighted by Gasteiger charge is 2.36. The van der Waals surface area contributed by atoms with E-state index in [1.54, 1.807) is 35.2 Å². The molecule has 2 atom stereocenters. The number of sulfone groups is 1. The highest BCUT2D eigenvalue weighted by molar-refractivity contribution is 7.91. The molecule has 35 heavy (non-hydrogen) atoms. The topological polar surface area (TPSA) is 93.6 Å². The third-order valence-corrected chi connectivity index (χ3v) is 8.36. The number of para-hydroxylation sites is 1. The number of amides is 1. The maximum Gasteiger partial charge on any atom is 0.339 e. The van der Waals surface area contributed by atoms with Crippen LogP contribution in [0.3, 0.4) is 0 Å². The number of rotatable bonds is 7. The van der Waals surface area contributed by atoms with E-state index in [0.717, 1.165) is 5.56 Å². The maximum atomic E-state index is 13.1. The van der Waals surface area contributed by atoms with E-state index in [4.69, 9.17) is 16.3 Å². The second kappa shape index (κ2) is 10.3. The molecule has 1 fully saturated rings. The van der Waals surface area contributed by atoms with E-state index < -0.39 is 34.4 Å². The van der Waals surface area contributed by atoms with Gasteiger partial charge in [0, 0.05) is 28.1 Å². The molecule has 0 saturated carbocycles. The Balaban J connectivity index is 1.58. The van der Waals surface area contributed by atoms with Crippen LogP contribution in [0.25, 0.3) is 22.2 Å². The van der Waals surface area contributed by atoms with Gasteiger partial charge in [-0.05, 0) is 44.0 Å². The van der Waals surface area contributed by atoms with Gasteiger partial charge >= 0.3 is 5.97 Å². The molecule has 9 heteroatoms. The van der Waals surface area contributed by atoms with Crippen molar-refractivity contribution < 1.29 is 22.7 Å². The van der Waals surface area contributed by atoms with Crippen LogP contribution in [-0.2, 0) is 19.4 Å². The molecular weight excluding hydrogens is 488 g/mol. The van der Waals surface area contributed by atoms with Crippen LogP contribution in [0.15, 0.2) is 54.6 Å². The molecule has 1 saturated heterocycles. The number of nitrogens with zero attached hydrogens (tertiary/aromatic N) is 2. The Bertz CT molecular complexity index is 1360. The lowest BCUT2D eigenvalue weighted by Gasteiger charge is -2.33. The summed E-state index contributed by atoms with van der Waals surface area (Å²) in [6, 6.07) is 15.4. The molecule has 0 spiro atoms. The van der Waals surface area contributed by atoms with E-state index in [0.29, 0.717) is 40.0 Å². The number of hydrogen-bond acceptors (Lipinski definition) is 6. The number of halogens is 1. The Hall–Kier alpha value is -2.97. The van der Waals surface area contributed by atoms with E-state index in [1.807, 2.05) is 38.1 Å². The van der Waals surface area contributed by atoms with Crippen LogP contribution < -0.4 is 0 Å². The van der Waals surface area contributed by atoms with Crippen molar-refractivity contribution >= 4 is 44.2 Å². The van der Waals surface area contributed by atoms with E-state index >= 15 is 0 Å². The minimum absolute atomic E-state index is 0.0591. The average Bonchev–Trinajstić information content (AvgIpc) is 3.21. The standard InChI is InChI=1S/C26H27ClN2O5S/c1-3-17(2)29(20-12-13-35(32,33)16-20)25(30)15-34-26(31)22-14-24(18-8-10-19(27)11-9-18)28-23-7-5-4-6-21(22)23/h4-11,14,17,20H,3,12-13,15-16H2,1-2H3. The fourth-order valence-electron chi connectivity index (χ4n) is 4.39. The van der Waals surface area contributed by atoms with Crippen LogP contribution in [0.5, 0.6) is 0 Å². The summed E-state index contributed by atoms with van der Waals surface area (Å²) in [7, 11) is -3.17. The summed E-state index contributed by atoms with van der Waals surface area (Å²) in [5, 5.41) is 1.21. The molecule has 0 N–H and O–H groups in total. The Morgan fingerprint density at radius 2 is 1.89 bits per heavy atom. The van der Waals surface area contributed by atoms with Crippen LogP contribution in [0.1, 0.15) is 37.0 Å². The zero-order valence-corrected chi connectivity index (χ0v) is 21.2. The number of esters is 1. The van der Waals surface area contributed by atoms with Crippen LogP contribution in [-0.4, -0.2) is 60.4 Å². The van der Waals surface area contributed by atoms with Gasteiger partial charge < -0.3 is 9.64 Å². The normalized spacial score (nSPS) is 17.7. The van der Waals surface area contributed by atoms with Crippen LogP contribution in [0.4, 0.5) is 0 Å². The molecule has 0 aliphatic carbocycles. The Morgan fingerprint density at radius 1 is 1.17 bits per heavy atom. The highest BCUT2D eigenvalue weighted by atomic mass is 35.5. The summed E-state index contributed by atoms with van der Waals surface area (Å²) < 4.78 is 29.4. The van der Waals surface area contributed by atoms with Gasteiger partial charge in [0.15, 0.2) is 16.4 Å². The molecule has 0 bridgehead atoms. The predicted molar refractivity (Wildman–Crippen MR) is 136 cm³/mol. The van der Waals surface area contributed by atoms with Gasteiger partial charge in [-0.1, -0.05) is 48.9 Å². The summed E-state index contributed by atoms with van der Waals surface area (Å²) in [5.41, 5.74) is 2.29. The molecule has 1 aliphatic heterocycles. The number of hydrogen-bond donors (Lipinski definition) is 0. The number of pyridine rings is 1. The van der Waals surface area contributed by atoms with Crippen molar-refractivity contribution in [3.8, 4) is 11.3 Å². The second-order valence-electron chi connectivity index (χ2n) is 8.77. The number of carbonyl (C=O) groups is 2. The molecular formula is C26H27ClN2O5S. The number of fused-ring (bicyclic) bond motifs is 1. The van der Waals surface area contributed by atoms with Gasteiger partial charge in [0.05, 0.1) is 28.3 Å². The molecule has 0 radical (unpaired) electrons. The minimum Gasteiger partial charge on any atom is -0.452 e. The summed E-state index contributed by atoms with van der Waals surface area (Å²) in [5.74, 6) is -1.04. The van der Waals surface area contributed by atoms with Gasteiger partial charge in [-0.15, -0.1) is 0 Å². The maximum absolute atomic E-state index is 13.1. The molecule has 2 aromatic carbocycles. The molecule has 4 rings (SSSR count). The quantitative estimate of drug-likeness (QED) is 0.430. The Labute approximate surface area is 210 Å². The van der Waals surface area contributed by atoms with Crippen LogP contribution in [0.2, 0.25) is 5.02 Å². The fraction of sp³-hybridized carbons (Fsp3) is 0.346. The zero-order chi connectivity index (χ0) is 25.2. The first-order valence-electron chi connectivity index (χ1n) is 11.5. The van der Waals surface area contributed by atoms with Crippen LogP contribution >= 0.6 is 11.6 Å². The van der Waals surface area contributed by atoms with Crippen molar-refractivity contribution in [2.45, 2.75) is 38.8 Å². The lowest BCUT2D eigenvalue weighted by Crippen LogP contribution is -2.48. The average molecular weight is 515 g/mol. The summed E-state index contributed by atoms with van der Waals surface area (Å²) in [6.45, 7) is 3.34. The number of benzene rings is 2. The van der Waals surface area contributed by atoms with E-state index in [9.17, 15) is 18.0 Å². The number of aromatic nitrogens is 1. The first-order valence-corrected chi connectivity index (χ1v) is 13.7. The first-order chi connectivity index (χ1) is 16.7. The van der Waals surface area contributed by atoms with E-state index in [2.05, 4.69) is 4.98 Å². The molecule has 3 aromatic rings. The first kappa shape index (κ1) is 25.1. The lowest BCUT2D eigenvalue weighted by molar-refractivity contribution is -0.138. The Kier molecular flexibility index (Phi) is 7.42. The Morgan fingerprint density at radius 3 is 2.54 bits per heavy atom. The van der Waals surface area contributed by atoms with Crippen molar-refractivity contribution in [2.24, 2.45) is 0 Å². The molecule has 1 amide bonds. The molecule has 1 aromatic heterocycles. The van der Waals surface area contributed by atoms with Crippen molar-refractivity contribution in [3.63, 3.8) is 0 Å². The molecule has 2 unspecified atom stereocenters. The third-order valence-electron chi connectivity index (χ3n) is 6.36. The second-order valence-corrected chi connectivity index (χ2v) is 11.4. The van der Waals surface area contributed by atoms with E-state index in [-0.39, 0.29) is 17.5 Å². The van der Waals surface area contributed by atoms with Gasteiger partial charge in [0.2, 0.25) is 0 Å². The van der Waals surface area contributed by atoms with Crippen molar-refractivity contribution in [2.75, 3.05) is 18.1 Å². The van der Waals surface area contributed by atoms with Gasteiger partial charge in [-0.2, -0.15) is 0 Å². The van der Waals surface area contributed by atoms with Gasteiger partial charge in [-0.3, -0.25) is 4.79 Å². The number of ether oxygens (including phenoxy) is 1. The highest BCUT2D eigenvalue weighted by Crippen LogP contribution is 2.27. The minimum atomic E-state index is -3.17. The largest absolute Gasteiger partial charge is 0.452 e.